The van der Waals surface area contributed by atoms with Crippen LogP contribution in [0.2, 0.25) is 5.02 Å². The van der Waals surface area contributed by atoms with Crippen molar-refractivity contribution in [1.29, 1.82) is 0 Å². The molecule has 0 aliphatic carbocycles. The predicted octanol–water partition coefficient (Wildman–Crippen LogP) is 4.11. The fourth-order valence-electron chi connectivity index (χ4n) is 4.17. The molecule has 4 rings (SSSR count). The molecule has 9 nitrogen and oxygen atoms in total. The molecule has 0 fully saturated rings. The molecule has 1 unspecified atom stereocenters. The Balaban J connectivity index is 1.89. The van der Waals surface area contributed by atoms with Gasteiger partial charge in [0.15, 0.2) is 4.80 Å². The van der Waals surface area contributed by atoms with E-state index in [1.807, 2.05) is 24.3 Å². The number of allylic oxidation sites excluding steroid dienone is 1. The molecule has 11 heteroatoms. The number of carbonyl (C=O) groups excluding carboxylic acids is 1. The van der Waals surface area contributed by atoms with Crippen molar-refractivity contribution < 1.29 is 19.2 Å². The number of esters is 1. The number of halogens is 1. The van der Waals surface area contributed by atoms with Crippen LogP contribution >= 0.6 is 22.9 Å². The number of nitrogens with zero attached hydrogens (tertiary/aromatic N) is 3. The number of rotatable bonds is 8. The SMILES string of the molecule is COCCOC(=O)C1=C(C)N=c2sc(=Cc3ccc(Cl)c([N+](=O)[O-])c3)c(=O)n2C1c1ccc(C(C)C)cc1. The van der Waals surface area contributed by atoms with E-state index in [0.29, 0.717) is 26.5 Å². The fourth-order valence-corrected chi connectivity index (χ4v) is 5.40. The second-order valence-electron chi connectivity index (χ2n) is 9.00. The molecule has 0 bridgehead atoms. The third kappa shape index (κ3) is 5.47. The minimum atomic E-state index is -0.760. The van der Waals surface area contributed by atoms with E-state index in [2.05, 4.69) is 18.8 Å². The van der Waals surface area contributed by atoms with Crippen molar-refractivity contribution in [3.63, 3.8) is 0 Å². The second kappa shape index (κ2) is 11.4. The maximum Gasteiger partial charge on any atom is 0.338 e. The van der Waals surface area contributed by atoms with Crippen LogP contribution in [0, 0.1) is 10.1 Å². The summed E-state index contributed by atoms with van der Waals surface area (Å²) in [7, 11) is 1.51. The minimum absolute atomic E-state index is 0.00528. The normalized spacial score (nSPS) is 15.4. The van der Waals surface area contributed by atoms with Gasteiger partial charge in [0.05, 0.1) is 33.4 Å². The van der Waals surface area contributed by atoms with Crippen molar-refractivity contribution in [1.82, 2.24) is 4.57 Å². The van der Waals surface area contributed by atoms with E-state index < -0.39 is 16.9 Å². The summed E-state index contributed by atoms with van der Waals surface area (Å²) in [4.78, 5) is 42.6. The lowest BCUT2D eigenvalue weighted by Gasteiger charge is -2.25. The first-order chi connectivity index (χ1) is 18.1. The highest BCUT2D eigenvalue weighted by molar-refractivity contribution is 7.07. The highest BCUT2D eigenvalue weighted by Crippen LogP contribution is 2.31. The minimum Gasteiger partial charge on any atom is -0.460 e. The second-order valence-corrected chi connectivity index (χ2v) is 10.4. The highest BCUT2D eigenvalue weighted by Gasteiger charge is 2.33. The molecule has 2 heterocycles. The monoisotopic (exact) mass is 555 g/mol. The van der Waals surface area contributed by atoms with Crippen molar-refractivity contribution in [3.05, 3.63) is 105 Å². The summed E-state index contributed by atoms with van der Waals surface area (Å²) >= 11 is 7.08. The zero-order chi connectivity index (χ0) is 27.6. The molecular formula is C27H26ClN3O6S. The van der Waals surface area contributed by atoms with Crippen LogP contribution in [0.5, 0.6) is 0 Å². The largest absolute Gasteiger partial charge is 0.460 e. The first kappa shape index (κ1) is 27.4. The lowest BCUT2D eigenvalue weighted by atomic mass is 9.93. The average molecular weight is 556 g/mol. The summed E-state index contributed by atoms with van der Waals surface area (Å²) in [6.45, 7) is 6.18. The topological polar surface area (TPSA) is 113 Å². The van der Waals surface area contributed by atoms with Gasteiger partial charge in [0.25, 0.3) is 11.2 Å². The predicted molar refractivity (Wildman–Crippen MR) is 145 cm³/mol. The Bertz CT molecular complexity index is 1600. The van der Waals surface area contributed by atoms with Gasteiger partial charge in [0.2, 0.25) is 0 Å². The van der Waals surface area contributed by atoms with Crippen LogP contribution in [0.1, 0.15) is 49.4 Å². The van der Waals surface area contributed by atoms with Crippen molar-refractivity contribution >= 4 is 40.7 Å². The van der Waals surface area contributed by atoms with E-state index in [9.17, 15) is 19.7 Å². The van der Waals surface area contributed by atoms with E-state index in [1.54, 1.807) is 19.1 Å². The van der Waals surface area contributed by atoms with Gasteiger partial charge in [-0.3, -0.25) is 19.5 Å². The van der Waals surface area contributed by atoms with Crippen LogP contribution in [0.4, 0.5) is 5.69 Å². The van der Waals surface area contributed by atoms with Crippen LogP contribution in [-0.2, 0) is 14.3 Å². The maximum absolute atomic E-state index is 13.7. The van der Waals surface area contributed by atoms with Crippen molar-refractivity contribution in [2.24, 2.45) is 4.99 Å². The Hall–Kier alpha value is -3.60. The summed E-state index contributed by atoms with van der Waals surface area (Å²) in [5, 5.41) is 11.3. The number of thiazole rings is 1. The third-order valence-corrected chi connectivity index (χ3v) is 7.45. The summed E-state index contributed by atoms with van der Waals surface area (Å²) in [5.74, 6) is -0.269. The first-order valence-electron chi connectivity index (χ1n) is 11.8. The van der Waals surface area contributed by atoms with E-state index in [-0.39, 0.29) is 35.1 Å². The quantitative estimate of drug-likeness (QED) is 0.179. The van der Waals surface area contributed by atoms with Crippen molar-refractivity contribution in [2.45, 2.75) is 32.7 Å². The van der Waals surface area contributed by atoms with E-state index in [4.69, 9.17) is 21.1 Å². The van der Waals surface area contributed by atoms with Crippen molar-refractivity contribution in [2.75, 3.05) is 20.3 Å². The molecule has 198 valence electrons. The lowest BCUT2D eigenvalue weighted by Crippen LogP contribution is -2.40. The molecule has 0 radical (unpaired) electrons. The van der Waals surface area contributed by atoms with Gasteiger partial charge in [-0.05, 0) is 41.7 Å². The third-order valence-electron chi connectivity index (χ3n) is 6.15. The van der Waals surface area contributed by atoms with Gasteiger partial charge >= 0.3 is 5.97 Å². The Morgan fingerprint density at radius 1 is 1.24 bits per heavy atom. The average Bonchev–Trinajstić information content (AvgIpc) is 3.18. The molecule has 1 aliphatic heterocycles. The molecule has 0 saturated carbocycles. The van der Waals surface area contributed by atoms with E-state index >= 15 is 0 Å². The number of carbonyl (C=O) groups is 1. The molecule has 38 heavy (non-hydrogen) atoms. The zero-order valence-electron chi connectivity index (χ0n) is 21.3. The maximum atomic E-state index is 13.7. The molecule has 3 aromatic rings. The number of ether oxygens (including phenoxy) is 2. The summed E-state index contributed by atoms with van der Waals surface area (Å²) in [6.07, 6.45) is 1.56. The van der Waals surface area contributed by atoms with Crippen LogP contribution in [-0.4, -0.2) is 35.8 Å². The molecule has 1 atom stereocenters. The number of benzene rings is 2. The van der Waals surface area contributed by atoms with E-state index in [0.717, 1.165) is 22.5 Å². The van der Waals surface area contributed by atoms with Gasteiger partial charge in [-0.1, -0.05) is 67.1 Å². The number of hydrogen-bond acceptors (Lipinski definition) is 8. The summed E-state index contributed by atoms with van der Waals surface area (Å²) in [6, 6.07) is 11.3. The van der Waals surface area contributed by atoms with Gasteiger partial charge in [0.1, 0.15) is 11.6 Å². The standard InChI is InChI=1S/C27H26ClN3O6S/c1-15(2)18-6-8-19(9-7-18)24-23(26(33)37-12-11-36-4)16(3)29-27-30(24)25(32)22(38-27)14-17-5-10-20(28)21(13-17)31(34)35/h5-10,13-15,24H,11-12H2,1-4H3. The van der Waals surface area contributed by atoms with Gasteiger partial charge < -0.3 is 9.47 Å². The van der Waals surface area contributed by atoms with Gasteiger partial charge in [-0.25, -0.2) is 9.79 Å². The lowest BCUT2D eigenvalue weighted by molar-refractivity contribution is -0.384. The van der Waals surface area contributed by atoms with Gasteiger partial charge in [-0.2, -0.15) is 0 Å². The molecule has 0 saturated heterocycles. The molecule has 1 aliphatic rings. The Labute approximate surface area is 227 Å². The summed E-state index contributed by atoms with van der Waals surface area (Å²) < 4.78 is 12.2. The number of aromatic nitrogens is 1. The molecule has 2 aromatic carbocycles. The number of hydrogen-bond donors (Lipinski definition) is 0. The highest BCUT2D eigenvalue weighted by atomic mass is 35.5. The molecule has 0 N–H and O–H groups in total. The van der Waals surface area contributed by atoms with Crippen LogP contribution < -0.4 is 14.9 Å². The van der Waals surface area contributed by atoms with Gasteiger partial charge in [-0.15, -0.1) is 0 Å². The van der Waals surface area contributed by atoms with Crippen LogP contribution in [0.15, 0.2) is 63.5 Å². The number of nitro groups is 1. The number of methoxy groups -OCH3 is 1. The molecule has 0 amide bonds. The molecule has 0 spiro atoms. The smallest absolute Gasteiger partial charge is 0.338 e. The van der Waals surface area contributed by atoms with Crippen molar-refractivity contribution in [3.8, 4) is 0 Å². The zero-order valence-corrected chi connectivity index (χ0v) is 22.8. The molecule has 1 aromatic heterocycles. The van der Waals surface area contributed by atoms with E-state index in [1.165, 1.54) is 23.8 Å². The van der Waals surface area contributed by atoms with Gasteiger partial charge in [0, 0.05) is 13.2 Å². The van der Waals surface area contributed by atoms with Crippen LogP contribution in [0.25, 0.3) is 6.08 Å². The molecular weight excluding hydrogens is 530 g/mol. The number of fused-ring (bicyclic) bond motifs is 1. The number of nitro benzene ring substituents is 1. The fraction of sp³-hybridized carbons (Fsp3) is 0.296. The Morgan fingerprint density at radius 3 is 2.58 bits per heavy atom. The first-order valence-corrected chi connectivity index (χ1v) is 13.0. The summed E-state index contributed by atoms with van der Waals surface area (Å²) in [5.41, 5.74) is 2.37. The Kier molecular flexibility index (Phi) is 8.25. The Morgan fingerprint density at radius 2 is 1.95 bits per heavy atom. The van der Waals surface area contributed by atoms with Crippen LogP contribution in [0.3, 0.4) is 0 Å².